The Kier molecular flexibility index (Phi) is 5.23. The minimum atomic E-state index is -0.483. The predicted molar refractivity (Wildman–Crippen MR) is 102 cm³/mol. The van der Waals surface area contributed by atoms with Crippen LogP contribution in [-0.2, 0) is 11.3 Å². The van der Waals surface area contributed by atoms with Crippen molar-refractivity contribution in [3.63, 3.8) is 0 Å². The molecular weight excluding hydrogens is 380 g/mol. The molecule has 0 fully saturated rings. The van der Waals surface area contributed by atoms with E-state index in [9.17, 15) is 9.59 Å². The summed E-state index contributed by atoms with van der Waals surface area (Å²) in [6.07, 6.45) is 0.627. The topological polar surface area (TPSA) is 49.4 Å². The Labute approximate surface area is 156 Å². The van der Waals surface area contributed by atoms with Crippen molar-refractivity contribution in [2.24, 2.45) is 5.92 Å². The number of halogens is 1. The minimum Gasteiger partial charge on any atom is -0.324 e. The molecule has 1 heterocycles. The molecule has 1 atom stereocenters. The molecule has 0 aromatic heterocycles. The fourth-order valence-electron chi connectivity index (χ4n) is 3.11. The largest absolute Gasteiger partial charge is 0.324 e. The first-order valence-corrected chi connectivity index (χ1v) is 9.20. The molecule has 3 rings (SSSR count). The summed E-state index contributed by atoms with van der Waals surface area (Å²) in [7, 11) is 0. The number of nitrogens with one attached hydrogen (secondary N) is 1. The Bertz CT molecular complexity index is 787. The van der Waals surface area contributed by atoms with Crippen molar-refractivity contribution in [3.8, 4) is 0 Å². The molecule has 0 bridgehead atoms. The Morgan fingerprint density at radius 1 is 1.16 bits per heavy atom. The Balaban J connectivity index is 1.81. The van der Waals surface area contributed by atoms with Gasteiger partial charge in [0.2, 0.25) is 5.91 Å². The van der Waals surface area contributed by atoms with Gasteiger partial charge in [0.05, 0.1) is 0 Å². The Morgan fingerprint density at radius 2 is 1.84 bits per heavy atom. The minimum absolute atomic E-state index is 0.0628. The van der Waals surface area contributed by atoms with Crippen LogP contribution in [0.5, 0.6) is 0 Å². The summed E-state index contributed by atoms with van der Waals surface area (Å²) < 4.78 is 0.953. The number of carbonyl (C=O) groups excluding carboxylic acids is 2. The summed E-state index contributed by atoms with van der Waals surface area (Å²) in [5.41, 5.74) is 2.41. The molecule has 25 heavy (non-hydrogen) atoms. The van der Waals surface area contributed by atoms with E-state index in [2.05, 4.69) is 35.1 Å². The van der Waals surface area contributed by atoms with E-state index in [1.807, 2.05) is 48.5 Å². The quantitative estimate of drug-likeness (QED) is 0.805. The average molecular weight is 401 g/mol. The highest BCUT2D eigenvalue weighted by molar-refractivity contribution is 9.10. The van der Waals surface area contributed by atoms with Crippen LogP contribution in [0.3, 0.4) is 0 Å². The smallest absolute Gasteiger partial charge is 0.255 e. The standard InChI is InChI=1S/C20H21BrN2O2/c1-13(2)11-18(19(24)22-16-9-7-15(21)8-10-16)23-12-14-5-3-4-6-17(14)20(23)25/h3-10,13,18H,11-12H2,1-2H3,(H,22,24). The van der Waals surface area contributed by atoms with E-state index in [1.165, 1.54) is 0 Å². The van der Waals surface area contributed by atoms with E-state index >= 15 is 0 Å². The van der Waals surface area contributed by atoms with E-state index in [-0.39, 0.29) is 11.8 Å². The lowest BCUT2D eigenvalue weighted by atomic mass is 10.0. The summed E-state index contributed by atoms with van der Waals surface area (Å²) in [4.78, 5) is 27.4. The second-order valence-corrected chi connectivity index (χ2v) is 7.65. The third-order valence-electron chi connectivity index (χ3n) is 4.33. The number of amides is 2. The van der Waals surface area contributed by atoms with Crippen LogP contribution in [0, 0.1) is 5.92 Å². The second-order valence-electron chi connectivity index (χ2n) is 6.73. The maximum Gasteiger partial charge on any atom is 0.255 e. The number of anilines is 1. The molecule has 0 radical (unpaired) electrons. The van der Waals surface area contributed by atoms with Crippen molar-refractivity contribution in [2.45, 2.75) is 32.9 Å². The number of nitrogens with zero attached hydrogens (tertiary/aromatic N) is 1. The maximum atomic E-state index is 12.9. The van der Waals surface area contributed by atoms with Crippen molar-refractivity contribution >= 4 is 33.4 Å². The highest BCUT2D eigenvalue weighted by Gasteiger charge is 2.36. The maximum absolute atomic E-state index is 12.9. The highest BCUT2D eigenvalue weighted by Crippen LogP contribution is 2.27. The summed E-state index contributed by atoms with van der Waals surface area (Å²) >= 11 is 3.39. The SMILES string of the molecule is CC(C)CC(C(=O)Nc1ccc(Br)cc1)N1Cc2ccccc2C1=O. The van der Waals surface area contributed by atoms with Crippen LogP contribution in [0.4, 0.5) is 5.69 Å². The molecule has 2 amide bonds. The van der Waals surface area contributed by atoms with E-state index in [1.54, 1.807) is 4.90 Å². The summed E-state index contributed by atoms with van der Waals surface area (Å²) in [5.74, 6) is 0.0987. The van der Waals surface area contributed by atoms with Gasteiger partial charge in [0.25, 0.3) is 5.91 Å². The monoisotopic (exact) mass is 400 g/mol. The van der Waals surface area contributed by atoms with Gasteiger partial charge in [0.15, 0.2) is 0 Å². The summed E-state index contributed by atoms with van der Waals surface area (Å²) in [5, 5.41) is 2.95. The second kappa shape index (κ2) is 7.40. The highest BCUT2D eigenvalue weighted by atomic mass is 79.9. The number of fused-ring (bicyclic) bond motifs is 1. The lowest BCUT2D eigenvalue weighted by Crippen LogP contribution is -2.45. The van der Waals surface area contributed by atoms with Gasteiger partial charge >= 0.3 is 0 Å². The van der Waals surface area contributed by atoms with Crippen molar-refractivity contribution in [3.05, 3.63) is 64.1 Å². The summed E-state index contributed by atoms with van der Waals surface area (Å²) in [6.45, 7) is 4.61. The number of benzene rings is 2. The molecule has 0 spiro atoms. The Morgan fingerprint density at radius 3 is 2.48 bits per heavy atom. The van der Waals surface area contributed by atoms with Gasteiger partial charge in [-0.05, 0) is 48.2 Å². The van der Waals surface area contributed by atoms with Crippen molar-refractivity contribution in [2.75, 3.05) is 5.32 Å². The van der Waals surface area contributed by atoms with Crippen molar-refractivity contribution in [1.82, 2.24) is 4.90 Å². The molecule has 2 aromatic rings. The van der Waals surface area contributed by atoms with Gasteiger partial charge in [-0.3, -0.25) is 9.59 Å². The first-order valence-electron chi connectivity index (χ1n) is 8.41. The van der Waals surface area contributed by atoms with Crippen LogP contribution in [-0.4, -0.2) is 22.8 Å². The first kappa shape index (κ1) is 17.7. The molecule has 1 aliphatic heterocycles. The predicted octanol–water partition coefficient (Wildman–Crippen LogP) is 4.46. The van der Waals surface area contributed by atoms with Gasteiger partial charge < -0.3 is 10.2 Å². The van der Waals surface area contributed by atoms with E-state index in [0.29, 0.717) is 24.4 Å². The Hall–Kier alpha value is -2.14. The van der Waals surface area contributed by atoms with Crippen LogP contribution in [0.2, 0.25) is 0 Å². The molecule has 4 nitrogen and oxygen atoms in total. The molecule has 5 heteroatoms. The molecule has 130 valence electrons. The van der Waals surface area contributed by atoms with Gasteiger partial charge in [0.1, 0.15) is 6.04 Å². The molecule has 0 aliphatic carbocycles. The zero-order chi connectivity index (χ0) is 18.0. The molecular formula is C20H21BrN2O2. The zero-order valence-corrected chi connectivity index (χ0v) is 15.9. The van der Waals surface area contributed by atoms with Gasteiger partial charge in [-0.1, -0.05) is 48.0 Å². The molecule has 1 N–H and O–H groups in total. The molecule has 2 aromatic carbocycles. The molecule has 1 unspecified atom stereocenters. The van der Waals surface area contributed by atoms with Gasteiger partial charge in [0, 0.05) is 22.3 Å². The van der Waals surface area contributed by atoms with Gasteiger partial charge in [-0.25, -0.2) is 0 Å². The molecule has 0 saturated heterocycles. The third kappa shape index (κ3) is 3.93. The van der Waals surface area contributed by atoms with Crippen LogP contribution in [0.1, 0.15) is 36.2 Å². The van der Waals surface area contributed by atoms with E-state index < -0.39 is 6.04 Å². The van der Waals surface area contributed by atoms with Crippen LogP contribution < -0.4 is 5.32 Å². The lowest BCUT2D eigenvalue weighted by Gasteiger charge is -2.28. The summed E-state index contributed by atoms with van der Waals surface area (Å²) in [6, 6.07) is 14.5. The van der Waals surface area contributed by atoms with Crippen LogP contribution >= 0.6 is 15.9 Å². The molecule has 0 saturated carbocycles. The zero-order valence-electron chi connectivity index (χ0n) is 14.3. The number of rotatable bonds is 5. The average Bonchev–Trinajstić information content (AvgIpc) is 2.91. The first-order chi connectivity index (χ1) is 12.0. The normalized spacial score (nSPS) is 14.6. The lowest BCUT2D eigenvalue weighted by molar-refractivity contribution is -0.121. The fourth-order valence-corrected chi connectivity index (χ4v) is 3.37. The van der Waals surface area contributed by atoms with E-state index in [4.69, 9.17) is 0 Å². The van der Waals surface area contributed by atoms with Crippen molar-refractivity contribution in [1.29, 1.82) is 0 Å². The van der Waals surface area contributed by atoms with Crippen LogP contribution in [0.25, 0.3) is 0 Å². The molecule has 1 aliphatic rings. The number of hydrogen-bond acceptors (Lipinski definition) is 2. The number of hydrogen-bond donors (Lipinski definition) is 1. The number of carbonyl (C=O) groups is 2. The van der Waals surface area contributed by atoms with Crippen molar-refractivity contribution < 1.29 is 9.59 Å². The van der Waals surface area contributed by atoms with Crippen LogP contribution in [0.15, 0.2) is 53.0 Å². The van der Waals surface area contributed by atoms with E-state index in [0.717, 1.165) is 15.7 Å². The van der Waals surface area contributed by atoms with Gasteiger partial charge in [-0.15, -0.1) is 0 Å². The third-order valence-corrected chi connectivity index (χ3v) is 4.86. The van der Waals surface area contributed by atoms with Gasteiger partial charge in [-0.2, -0.15) is 0 Å². The fraction of sp³-hybridized carbons (Fsp3) is 0.300.